The van der Waals surface area contributed by atoms with Crippen molar-refractivity contribution in [2.75, 3.05) is 32.8 Å². The number of hydrogen-bond acceptors (Lipinski definition) is 5. The van der Waals surface area contributed by atoms with Crippen molar-refractivity contribution in [2.24, 2.45) is 4.99 Å². The molecule has 0 saturated carbocycles. The minimum absolute atomic E-state index is 0. The van der Waals surface area contributed by atoms with Gasteiger partial charge in [0.05, 0.1) is 6.26 Å². The van der Waals surface area contributed by atoms with E-state index >= 15 is 0 Å². The number of carbonyl (C=O) groups excluding carboxylic acids is 1. The van der Waals surface area contributed by atoms with Crippen molar-refractivity contribution in [1.82, 2.24) is 16.0 Å². The molecular formula is C18H33IN4O4. The average Bonchev–Trinajstić information content (AvgIpc) is 3.06. The van der Waals surface area contributed by atoms with Crippen LogP contribution in [0.1, 0.15) is 39.9 Å². The molecular weight excluding hydrogens is 463 g/mol. The summed E-state index contributed by atoms with van der Waals surface area (Å²) < 4.78 is 15.9. The number of nitrogens with zero attached hydrogens (tertiary/aromatic N) is 1. The maximum atomic E-state index is 11.6. The minimum Gasteiger partial charge on any atom is -0.467 e. The molecule has 1 amide bonds. The summed E-state index contributed by atoms with van der Waals surface area (Å²) in [6, 6.07) is 3.73. The molecule has 0 saturated heterocycles. The van der Waals surface area contributed by atoms with Crippen LogP contribution >= 0.6 is 24.0 Å². The third-order valence-electron chi connectivity index (χ3n) is 2.97. The van der Waals surface area contributed by atoms with Crippen LogP contribution in [-0.2, 0) is 16.1 Å². The standard InChI is InChI=1S/C18H32N4O4.HI/c1-5-19-16(21-10-11-22-17(23)26-18(2,3)4)20-9-7-12-24-14-15-8-6-13-25-15;/h6,8,13H,5,7,9-12,14H2,1-4H3,(H,22,23)(H2,19,20,21);1H. The highest BCUT2D eigenvalue weighted by atomic mass is 127. The van der Waals surface area contributed by atoms with Gasteiger partial charge in [-0.2, -0.15) is 0 Å². The van der Waals surface area contributed by atoms with Gasteiger partial charge in [0.15, 0.2) is 5.96 Å². The number of rotatable bonds is 10. The number of aliphatic imine (C=N–C) groups is 1. The lowest BCUT2D eigenvalue weighted by atomic mass is 10.2. The van der Waals surface area contributed by atoms with E-state index in [0.717, 1.165) is 18.7 Å². The van der Waals surface area contributed by atoms with Gasteiger partial charge in [0.25, 0.3) is 0 Å². The number of carbonyl (C=O) groups is 1. The summed E-state index contributed by atoms with van der Waals surface area (Å²) in [5.41, 5.74) is -0.493. The van der Waals surface area contributed by atoms with Gasteiger partial charge in [-0.05, 0) is 46.2 Å². The van der Waals surface area contributed by atoms with Crippen LogP contribution in [0.15, 0.2) is 27.8 Å². The van der Waals surface area contributed by atoms with E-state index in [2.05, 4.69) is 20.9 Å². The van der Waals surface area contributed by atoms with Gasteiger partial charge in [0.1, 0.15) is 18.0 Å². The van der Waals surface area contributed by atoms with Crippen molar-refractivity contribution in [1.29, 1.82) is 0 Å². The zero-order valence-electron chi connectivity index (χ0n) is 16.7. The predicted molar refractivity (Wildman–Crippen MR) is 117 cm³/mol. The lowest BCUT2D eigenvalue weighted by molar-refractivity contribution is 0.0529. The molecule has 8 nitrogen and oxygen atoms in total. The van der Waals surface area contributed by atoms with Crippen molar-refractivity contribution >= 4 is 36.0 Å². The molecule has 0 spiro atoms. The predicted octanol–water partition coefficient (Wildman–Crippen LogP) is 2.88. The first-order valence-electron chi connectivity index (χ1n) is 9.00. The molecule has 1 heterocycles. The molecule has 1 aromatic heterocycles. The molecule has 1 rings (SSSR count). The van der Waals surface area contributed by atoms with E-state index in [9.17, 15) is 4.79 Å². The molecule has 27 heavy (non-hydrogen) atoms. The number of guanidine groups is 1. The van der Waals surface area contributed by atoms with Gasteiger partial charge >= 0.3 is 6.09 Å². The SMILES string of the molecule is CCNC(=NCCCOCc1ccco1)NCCNC(=O)OC(C)(C)C.I. The second-order valence-corrected chi connectivity index (χ2v) is 6.60. The molecule has 0 fully saturated rings. The Morgan fingerprint density at radius 2 is 1.96 bits per heavy atom. The molecule has 0 radical (unpaired) electrons. The van der Waals surface area contributed by atoms with Crippen molar-refractivity contribution < 1.29 is 18.7 Å². The number of alkyl carbamates (subject to hydrolysis) is 1. The maximum absolute atomic E-state index is 11.6. The molecule has 0 unspecified atom stereocenters. The molecule has 0 atom stereocenters. The van der Waals surface area contributed by atoms with Crippen molar-refractivity contribution in [3.8, 4) is 0 Å². The first-order chi connectivity index (χ1) is 12.4. The second-order valence-electron chi connectivity index (χ2n) is 6.60. The Labute approximate surface area is 178 Å². The van der Waals surface area contributed by atoms with Crippen LogP contribution in [0.25, 0.3) is 0 Å². The van der Waals surface area contributed by atoms with E-state index in [1.165, 1.54) is 0 Å². The van der Waals surface area contributed by atoms with Gasteiger partial charge in [0.2, 0.25) is 0 Å². The third kappa shape index (κ3) is 14.3. The Morgan fingerprint density at radius 1 is 1.22 bits per heavy atom. The summed E-state index contributed by atoms with van der Waals surface area (Å²) in [4.78, 5) is 16.0. The van der Waals surface area contributed by atoms with Crippen LogP contribution < -0.4 is 16.0 Å². The minimum atomic E-state index is -0.493. The highest BCUT2D eigenvalue weighted by Gasteiger charge is 2.15. The van der Waals surface area contributed by atoms with E-state index in [1.54, 1.807) is 6.26 Å². The van der Waals surface area contributed by atoms with Crippen LogP contribution in [0.4, 0.5) is 4.79 Å². The maximum Gasteiger partial charge on any atom is 0.407 e. The van der Waals surface area contributed by atoms with Gasteiger partial charge in [-0.3, -0.25) is 4.99 Å². The number of ether oxygens (including phenoxy) is 2. The van der Waals surface area contributed by atoms with Gasteiger partial charge in [-0.1, -0.05) is 0 Å². The molecule has 1 aromatic rings. The number of nitrogens with one attached hydrogen (secondary N) is 3. The van der Waals surface area contributed by atoms with Gasteiger partial charge in [-0.25, -0.2) is 4.79 Å². The van der Waals surface area contributed by atoms with Gasteiger partial charge < -0.3 is 29.8 Å². The largest absolute Gasteiger partial charge is 0.467 e. The first-order valence-corrected chi connectivity index (χ1v) is 9.00. The van der Waals surface area contributed by atoms with Crippen molar-refractivity contribution in [2.45, 2.75) is 46.3 Å². The topological polar surface area (TPSA) is 97.1 Å². The lowest BCUT2D eigenvalue weighted by Crippen LogP contribution is -2.42. The summed E-state index contributed by atoms with van der Waals surface area (Å²) >= 11 is 0. The fourth-order valence-electron chi connectivity index (χ4n) is 1.93. The van der Waals surface area contributed by atoms with E-state index < -0.39 is 11.7 Å². The molecule has 9 heteroatoms. The van der Waals surface area contributed by atoms with E-state index in [0.29, 0.717) is 38.8 Å². The molecule has 0 aromatic carbocycles. The Bertz CT molecular complexity index is 530. The fraction of sp³-hybridized carbons (Fsp3) is 0.667. The highest BCUT2D eigenvalue weighted by Crippen LogP contribution is 2.06. The first kappa shape index (κ1) is 25.5. The molecule has 0 aliphatic heterocycles. The summed E-state index contributed by atoms with van der Waals surface area (Å²) in [6.07, 6.45) is 2.03. The molecule has 156 valence electrons. The second kappa shape index (κ2) is 14.6. The zero-order chi connectivity index (χ0) is 19.3. The molecule has 0 bridgehead atoms. The quantitative estimate of drug-likeness (QED) is 0.200. The summed E-state index contributed by atoms with van der Waals surface area (Å²) in [7, 11) is 0. The smallest absolute Gasteiger partial charge is 0.407 e. The normalized spacial score (nSPS) is 11.5. The number of halogens is 1. The molecule has 0 aliphatic carbocycles. The monoisotopic (exact) mass is 496 g/mol. The van der Waals surface area contributed by atoms with Crippen LogP contribution in [0, 0.1) is 0 Å². The van der Waals surface area contributed by atoms with E-state index in [-0.39, 0.29) is 24.0 Å². The van der Waals surface area contributed by atoms with Gasteiger partial charge in [0, 0.05) is 32.8 Å². The summed E-state index contributed by atoms with van der Waals surface area (Å²) in [5.74, 6) is 1.53. The van der Waals surface area contributed by atoms with Crippen LogP contribution in [0.3, 0.4) is 0 Å². The Balaban J connectivity index is 0.00000676. The Morgan fingerprint density at radius 3 is 2.59 bits per heavy atom. The third-order valence-corrected chi connectivity index (χ3v) is 2.97. The van der Waals surface area contributed by atoms with E-state index in [4.69, 9.17) is 13.9 Å². The van der Waals surface area contributed by atoms with Crippen molar-refractivity contribution in [3.63, 3.8) is 0 Å². The Kier molecular flexibility index (Phi) is 13.8. The van der Waals surface area contributed by atoms with Crippen LogP contribution in [0.5, 0.6) is 0 Å². The molecule has 0 aliphatic rings. The molecule has 3 N–H and O–H groups in total. The number of hydrogen-bond donors (Lipinski definition) is 3. The van der Waals surface area contributed by atoms with Crippen LogP contribution in [-0.4, -0.2) is 50.4 Å². The zero-order valence-corrected chi connectivity index (χ0v) is 19.0. The van der Waals surface area contributed by atoms with Gasteiger partial charge in [-0.15, -0.1) is 24.0 Å². The summed E-state index contributed by atoms with van der Waals surface area (Å²) in [5, 5.41) is 9.03. The summed E-state index contributed by atoms with van der Waals surface area (Å²) in [6.45, 7) is 11.0. The number of amides is 1. The fourth-order valence-corrected chi connectivity index (χ4v) is 1.93. The number of furan rings is 1. The van der Waals surface area contributed by atoms with Crippen LogP contribution in [0.2, 0.25) is 0 Å². The van der Waals surface area contributed by atoms with Crippen molar-refractivity contribution in [3.05, 3.63) is 24.2 Å². The van der Waals surface area contributed by atoms with E-state index in [1.807, 2.05) is 39.8 Å². The average molecular weight is 496 g/mol. The Hall–Kier alpha value is -1.49. The highest BCUT2D eigenvalue weighted by molar-refractivity contribution is 14.0. The lowest BCUT2D eigenvalue weighted by Gasteiger charge is -2.19.